The van der Waals surface area contributed by atoms with Crippen molar-refractivity contribution in [1.82, 2.24) is 10.3 Å². The summed E-state index contributed by atoms with van der Waals surface area (Å²) < 4.78 is 18.6. The third kappa shape index (κ3) is 4.27. The molecule has 0 radical (unpaired) electrons. The van der Waals surface area contributed by atoms with Crippen molar-refractivity contribution in [3.05, 3.63) is 71.4 Å². The van der Waals surface area contributed by atoms with Crippen LogP contribution < -0.4 is 5.32 Å². The summed E-state index contributed by atoms with van der Waals surface area (Å²) in [5.41, 5.74) is 1.98. The van der Waals surface area contributed by atoms with Crippen LogP contribution >= 0.6 is 0 Å². The summed E-state index contributed by atoms with van der Waals surface area (Å²) in [6.45, 7) is 2.16. The molecule has 0 aliphatic rings. The molecule has 0 saturated heterocycles. The van der Waals surface area contributed by atoms with Crippen molar-refractivity contribution in [2.75, 3.05) is 6.54 Å². The summed E-state index contributed by atoms with van der Waals surface area (Å²) in [7, 11) is 0. The normalized spacial score (nSPS) is 10.7. The van der Waals surface area contributed by atoms with Crippen molar-refractivity contribution >= 4 is 5.91 Å². The number of phenolic OH excluding ortho intramolecular Hbond substituents is 1. The third-order valence-corrected chi connectivity index (χ3v) is 4.02. The Hall–Kier alpha value is -3.15. The van der Waals surface area contributed by atoms with E-state index in [4.69, 9.17) is 4.42 Å². The molecule has 1 amide bonds. The van der Waals surface area contributed by atoms with E-state index in [1.807, 2.05) is 12.1 Å². The molecule has 5 nitrogen and oxygen atoms in total. The summed E-state index contributed by atoms with van der Waals surface area (Å²) in [4.78, 5) is 16.5. The Morgan fingerprint density at radius 2 is 1.92 bits per heavy atom. The van der Waals surface area contributed by atoms with Gasteiger partial charge in [0.25, 0.3) is 0 Å². The van der Waals surface area contributed by atoms with Gasteiger partial charge in [-0.15, -0.1) is 0 Å². The van der Waals surface area contributed by atoms with Gasteiger partial charge >= 0.3 is 0 Å². The molecule has 3 aromatic rings. The van der Waals surface area contributed by atoms with Crippen molar-refractivity contribution < 1.29 is 18.7 Å². The first-order chi connectivity index (χ1) is 12.5. The van der Waals surface area contributed by atoms with Gasteiger partial charge in [-0.3, -0.25) is 4.79 Å². The Kier molecular flexibility index (Phi) is 5.31. The highest BCUT2D eigenvalue weighted by atomic mass is 19.1. The van der Waals surface area contributed by atoms with Crippen LogP contribution in [0.1, 0.15) is 17.0 Å². The second-order valence-corrected chi connectivity index (χ2v) is 5.93. The quantitative estimate of drug-likeness (QED) is 0.711. The lowest BCUT2D eigenvalue weighted by molar-refractivity contribution is -0.120. The number of nitrogens with one attached hydrogen (secondary N) is 1. The maximum atomic E-state index is 13.0. The number of amides is 1. The Labute approximate surface area is 150 Å². The number of carbonyl (C=O) groups excluding carboxylic acids is 1. The number of aryl methyl sites for hydroxylation is 1. The largest absolute Gasteiger partial charge is 0.508 e. The average molecular weight is 354 g/mol. The van der Waals surface area contributed by atoms with E-state index in [9.17, 15) is 14.3 Å². The van der Waals surface area contributed by atoms with Crippen LogP contribution in [0.5, 0.6) is 5.75 Å². The van der Waals surface area contributed by atoms with E-state index in [0.29, 0.717) is 35.9 Å². The second-order valence-electron chi connectivity index (χ2n) is 5.93. The number of carbonyl (C=O) groups is 1. The van der Waals surface area contributed by atoms with Crippen molar-refractivity contribution in [3.63, 3.8) is 0 Å². The average Bonchev–Trinajstić information content (AvgIpc) is 2.98. The second kappa shape index (κ2) is 7.82. The molecule has 0 unspecified atom stereocenters. The molecule has 2 N–H and O–H groups in total. The van der Waals surface area contributed by atoms with Gasteiger partial charge in [0.05, 0.1) is 12.1 Å². The van der Waals surface area contributed by atoms with E-state index in [0.717, 1.165) is 5.56 Å². The number of rotatable bonds is 6. The summed E-state index contributed by atoms with van der Waals surface area (Å²) in [5.74, 6) is 0.626. The Morgan fingerprint density at radius 3 is 2.65 bits per heavy atom. The van der Waals surface area contributed by atoms with Crippen molar-refractivity contribution in [2.24, 2.45) is 0 Å². The van der Waals surface area contributed by atoms with Crippen LogP contribution in [0, 0.1) is 12.7 Å². The zero-order valence-corrected chi connectivity index (χ0v) is 14.3. The lowest BCUT2D eigenvalue weighted by atomic mass is 10.1. The van der Waals surface area contributed by atoms with Crippen LogP contribution in [0.25, 0.3) is 11.5 Å². The molecule has 1 aromatic heterocycles. The number of nitrogens with zero attached hydrogens (tertiary/aromatic N) is 1. The van der Waals surface area contributed by atoms with E-state index in [2.05, 4.69) is 10.3 Å². The predicted molar refractivity (Wildman–Crippen MR) is 95.2 cm³/mol. The molecule has 0 spiro atoms. The first kappa shape index (κ1) is 17.7. The highest BCUT2D eigenvalue weighted by Gasteiger charge is 2.14. The van der Waals surface area contributed by atoms with E-state index in [1.54, 1.807) is 31.2 Å². The van der Waals surface area contributed by atoms with Gasteiger partial charge in [-0.2, -0.15) is 0 Å². The minimum Gasteiger partial charge on any atom is -0.508 e. The van der Waals surface area contributed by atoms with Crippen molar-refractivity contribution in [2.45, 2.75) is 19.8 Å². The Morgan fingerprint density at radius 1 is 1.19 bits per heavy atom. The molecule has 3 rings (SSSR count). The number of oxazole rings is 1. The molecular weight excluding hydrogens is 335 g/mol. The lowest BCUT2D eigenvalue weighted by Crippen LogP contribution is -2.27. The van der Waals surface area contributed by atoms with Gasteiger partial charge in [0.1, 0.15) is 17.3 Å². The highest BCUT2D eigenvalue weighted by molar-refractivity contribution is 5.78. The number of aromatic nitrogens is 1. The standard InChI is InChI=1S/C20H19FN2O3/c1-13-17(23-20(26-13)15-6-8-16(21)9-7-15)12-19(25)22-11-10-14-4-2-3-5-18(14)24/h2-9,24H,10-12H2,1H3,(H,22,25). The number of phenols is 1. The highest BCUT2D eigenvalue weighted by Crippen LogP contribution is 2.22. The fourth-order valence-electron chi connectivity index (χ4n) is 2.58. The van der Waals surface area contributed by atoms with Gasteiger partial charge in [-0.25, -0.2) is 9.37 Å². The monoisotopic (exact) mass is 354 g/mol. The van der Waals surface area contributed by atoms with Crippen LogP contribution in [0.3, 0.4) is 0 Å². The number of benzene rings is 2. The molecule has 0 bridgehead atoms. The first-order valence-corrected chi connectivity index (χ1v) is 8.29. The molecule has 6 heteroatoms. The predicted octanol–water partition coefficient (Wildman–Crippen LogP) is 3.40. The van der Waals surface area contributed by atoms with Gasteiger partial charge in [-0.1, -0.05) is 18.2 Å². The van der Waals surface area contributed by atoms with Gasteiger partial charge in [-0.05, 0) is 49.2 Å². The molecule has 1 heterocycles. The Balaban J connectivity index is 1.57. The molecule has 0 atom stereocenters. The molecule has 2 aromatic carbocycles. The maximum Gasteiger partial charge on any atom is 0.226 e. The van der Waals surface area contributed by atoms with Crippen LogP contribution in [0.15, 0.2) is 52.9 Å². The van der Waals surface area contributed by atoms with Crippen LogP contribution in [-0.4, -0.2) is 22.5 Å². The van der Waals surface area contributed by atoms with Gasteiger partial charge < -0.3 is 14.8 Å². The lowest BCUT2D eigenvalue weighted by Gasteiger charge is -2.06. The maximum absolute atomic E-state index is 13.0. The number of aromatic hydroxyl groups is 1. The molecule has 134 valence electrons. The number of hydrogen-bond donors (Lipinski definition) is 2. The van der Waals surface area contributed by atoms with E-state index >= 15 is 0 Å². The van der Waals surface area contributed by atoms with Crippen molar-refractivity contribution in [1.29, 1.82) is 0 Å². The fourth-order valence-corrected chi connectivity index (χ4v) is 2.58. The summed E-state index contributed by atoms with van der Waals surface area (Å²) >= 11 is 0. The molecular formula is C20H19FN2O3. The summed E-state index contributed by atoms with van der Waals surface area (Å²) in [6.07, 6.45) is 0.633. The molecule has 26 heavy (non-hydrogen) atoms. The number of para-hydroxylation sites is 1. The first-order valence-electron chi connectivity index (χ1n) is 8.29. The van der Waals surface area contributed by atoms with Gasteiger partial charge in [0, 0.05) is 12.1 Å². The van der Waals surface area contributed by atoms with Gasteiger partial charge in [0.2, 0.25) is 11.8 Å². The Bertz CT molecular complexity index is 904. The summed E-state index contributed by atoms with van der Waals surface area (Å²) in [5, 5.41) is 12.5. The number of halogens is 1. The smallest absolute Gasteiger partial charge is 0.226 e. The third-order valence-electron chi connectivity index (χ3n) is 4.02. The van der Waals surface area contributed by atoms with Gasteiger partial charge in [0.15, 0.2) is 0 Å². The van der Waals surface area contributed by atoms with E-state index in [-0.39, 0.29) is 23.9 Å². The van der Waals surface area contributed by atoms with E-state index < -0.39 is 0 Å². The van der Waals surface area contributed by atoms with Crippen LogP contribution in [0.2, 0.25) is 0 Å². The van der Waals surface area contributed by atoms with E-state index in [1.165, 1.54) is 12.1 Å². The van der Waals surface area contributed by atoms with Crippen molar-refractivity contribution in [3.8, 4) is 17.2 Å². The van der Waals surface area contributed by atoms with Crippen LogP contribution in [0.4, 0.5) is 4.39 Å². The minimum atomic E-state index is -0.332. The molecule has 0 saturated carbocycles. The topological polar surface area (TPSA) is 75.4 Å². The summed E-state index contributed by atoms with van der Waals surface area (Å²) in [6, 6.07) is 12.9. The van der Waals surface area contributed by atoms with Crippen LogP contribution in [-0.2, 0) is 17.6 Å². The number of hydrogen-bond acceptors (Lipinski definition) is 4. The zero-order chi connectivity index (χ0) is 18.5. The fraction of sp³-hybridized carbons (Fsp3) is 0.200. The zero-order valence-electron chi connectivity index (χ0n) is 14.3. The molecule has 0 aliphatic heterocycles. The SMILES string of the molecule is Cc1oc(-c2ccc(F)cc2)nc1CC(=O)NCCc1ccccc1O. The minimum absolute atomic E-state index is 0.0945. The molecule has 0 fully saturated rings. The molecule has 0 aliphatic carbocycles.